The van der Waals surface area contributed by atoms with Crippen LogP contribution in [-0.2, 0) is 6.42 Å². The summed E-state index contributed by atoms with van der Waals surface area (Å²) < 4.78 is 0. The number of rotatable bonds is 6. The van der Waals surface area contributed by atoms with Gasteiger partial charge in [0, 0.05) is 13.1 Å². The zero-order chi connectivity index (χ0) is 15.5. The molecule has 116 valence electrons. The molecule has 0 saturated heterocycles. The summed E-state index contributed by atoms with van der Waals surface area (Å²) in [7, 11) is 0. The summed E-state index contributed by atoms with van der Waals surface area (Å²) >= 11 is 10.3. The number of hydrazine groups is 1. The number of hydrogen-bond acceptors (Lipinski definition) is 2. The zero-order valence-electron chi connectivity index (χ0n) is 12.6. The fraction of sp³-hybridized carbons (Fsp3) is 0.467. The third kappa shape index (κ3) is 9.20. The molecule has 1 aromatic rings. The normalized spacial score (nSPS) is 10.0. The maximum absolute atomic E-state index is 5.17. The van der Waals surface area contributed by atoms with Gasteiger partial charge in [-0.1, -0.05) is 44.2 Å². The minimum atomic E-state index is 0.541. The lowest BCUT2D eigenvalue weighted by molar-refractivity contribution is 0.575. The van der Waals surface area contributed by atoms with Crippen molar-refractivity contribution in [1.29, 1.82) is 0 Å². The first-order valence-electron chi connectivity index (χ1n) is 7.19. The van der Waals surface area contributed by atoms with Crippen molar-refractivity contribution in [3.05, 3.63) is 35.9 Å². The second-order valence-electron chi connectivity index (χ2n) is 5.18. The minimum absolute atomic E-state index is 0.541. The van der Waals surface area contributed by atoms with Crippen molar-refractivity contribution in [3.8, 4) is 0 Å². The predicted octanol–water partition coefficient (Wildman–Crippen LogP) is 2.12. The van der Waals surface area contributed by atoms with E-state index in [-0.39, 0.29) is 0 Å². The minimum Gasteiger partial charge on any atom is -0.361 e. The van der Waals surface area contributed by atoms with Gasteiger partial charge in [0.1, 0.15) is 0 Å². The highest BCUT2D eigenvalue weighted by Crippen LogP contribution is 1.98. The van der Waals surface area contributed by atoms with Crippen LogP contribution >= 0.6 is 24.4 Å². The van der Waals surface area contributed by atoms with E-state index in [0.29, 0.717) is 16.1 Å². The Morgan fingerprint density at radius 3 is 2.10 bits per heavy atom. The highest BCUT2D eigenvalue weighted by molar-refractivity contribution is 7.80. The quantitative estimate of drug-likeness (QED) is 0.475. The van der Waals surface area contributed by atoms with E-state index in [1.165, 1.54) is 5.56 Å². The lowest BCUT2D eigenvalue weighted by Gasteiger charge is -2.14. The van der Waals surface area contributed by atoms with Gasteiger partial charge in [0.05, 0.1) is 0 Å². The molecule has 0 saturated carbocycles. The van der Waals surface area contributed by atoms with E-state index in [2.05, 4.69) is 47.5 Å². The highest BCUT2D eigenvalue weighted by atomic mass is 32.1. The molecular weight excluding hydrogens is 300 g/mol. The molecule has 0 aliphatic heterocycles. The Morgan fingerprint density at radius 1 is 0.952 bits per heavy atom. The van der Waals surface area contributed by atoms with Crippen LogP contribution in [0.15, 0.2) is 30.3 Å². The van der Waals surface area contributed by atoms with Gasteiger partial charge in [-0.25, -0.2) is 0 Å². The predicted molar refractivity (Wildman–Crippen MR) is 97.1 cm³/mol. The summed E-state index contributed by atoms with van der Waals surface area (Å²) in [4.78, 5) is 0. The van der Waals surface area contributed by atoms with Gasteiger partial charge in [-0.2, -0.15) is 0 Å². The van der Waals surface area contributed by atoms with Gasteiger partial charge in [-0.15, -0.1) is 0 Å². The van der Waals surface area contributed by atoms with Crippen LogP contribution in [0, 0.1) is 5.92 Å². The summed E-state index contributed by atoms with van der Waals surface area (Å²) in [5, 5.41) is 7.35. The molecule has 0 atom stereocenters. The maximum atomic E-state index is 5.17. The van der Waals surface area contributed by atoms with E-state index in [1.54, 1.807) is 0 Å². The van der Waals surface area contributed by atoms with Crippen molar-refractivity contribution in [2.24, 2.45) is 5.92 Å². The molecule has 21 heavy (non-hydrogen) atoms. The van der Waals surface area contributed by atoms with E-state index in [1.807, 2.05) is 18.2 Å². The molecule has 0 radical (unpaired) electrons. The summed E-state index contributed by atoms with van der Waals surface area (Å²) in [5.74, 6) is 0.661. The fourth-order valence-electron chi connectivity index (χ4n) is 1.64. The van der Waals surface area contributed by atoms with E-state index >= 15 is 0 Å². The van der Waals surface area contributed by atoms with Crippen molar-refractivity contribution < 1.29 is 0 Å². The first-order chi connectivity index (χ1) is 10.1. The van der Waals surface area contributed by atoms with Crippen LogP contribution in [0.3, 0.4) is 0 Å². The molecule has 4 N–H and O–H groups in total. The topological polar surface area (TPSA) is 48.1 Å². The first-order valence-corrected chi connectivity index (χ1v) is 8.01. The Hall–Kier alpha value is -1.40. The fourth-order valence-corrected chi connectivity index (χ4v) is 1.95. The Balaban J connectivity index is 2.07. The highest BCUT2D eigenvalue weighted by Gasteiger charge is 1.99. The van der Waals surface area contributed by atoms with Crippen LogP contribution in [0.1, 0.15) is 25.8 Å². The molecule has 0 amide bonds. The monoisotopic (exact) mass is 324 g/mol. The largest absolute Gasteiger partial charge is 0.361 e. The van der Waals surface area contributed by atoms with E-state index in [4.69, 9.17) is 24.4 Å². The number of thiocarbonyl (C=S) groups is 2. The summed E-state index contributed by atoms with van der Waals surface area (Å²) in [6.45, 7) is 6.01. The van der Waals surface area contributed by atoms with E-state index < -0.39 is 0 Å². The van der Waals surface area contributed by atoms with Crippen LogP contribution in [0.4, 0.5) is 0 Å². The first kappa shape index (κ1) is 17.7. The van der Waals surface area contributed by atoms with Gasteiger partial charge in [0.2, 0.25) is 0 Å². The van der Waals surface area contributed by atoms with Crippen LogP contribution in [-0.4, -0.2) is 23.3 Å². The average Bonchev–Trinajstić information content (AvgIpc) is 2.46. The Morgan fingerprint density at radius 2 is 1.52 bits per heavy atom. The number of benzene rings is 1. The van der Waals surface area contributed by atoms with Crippen LogP contribution in [0.25, 0.3) is 0 Å². The third-order valence-electron chi connectivity index (χ3n) is 2.84. The van der Waals surface area contributed by atoms with Crippen LogP contribution < -0.4 is 21.5 Å². The number of hydrogen-bond donors (Lipinski definition) is 4. The van der Waals surface area contributed by atoms with Crippen molar-refractivity contribution >= 4 is 34.7 Å². The van der Waals surface area contributed by atoms with Crippen molar-refractivity contribution in [2.75, 3.05) is 13.1 Å². The van der Waals surface area contributed by atoms with Gasteiger partial charge >= 0.3 is 0 Å². The van der Waals surface area contributed by atoms with E-state index in [9.17, 15) is 0 Å². The molecule has 0 aliphatic carbocycles. The molecule has 0 unspecified atom stereocenters. The molecule has 1 rings (SSSR count). The molecule has 6 heteroatoms. The molecule has 0 heterocycles. The van der Waals surface area contributed by atoms with Crippen molar-refractivity contribution in [2.45, 2.75) is 26.7 Å². The smallest absolute Gasteiger partial charge is 0.185 e. The van der Waals surface area contributed by atoms with Gasteiger partial charge in [-0.05, 0) is 48.8 Å². The molecule has 0 aliphatic rings. The Labute approximate surface area is 138 Å². The third-order valence-corrected chi connectivity index (χ3v) is 3.33. The molecule has 0 fully saturated rings. The maximum Gasteiger partial charge on any atom is 0.185 e. The molecule has 0 spiro atoms. The van der Waals surface area contributed by atoms with Gasteiger partial charge in [0.15, 0.2) is 10.2 Å². The Kier molecular flexibility index (Phi) is 8.69. The Bertz CT molecular complexity index is 435. The lowest BCUT2D eigenvalue weighted by atomic mass is 10.1. The average molecular weight is 325 g/mol. The van der Waals surface area contributed by atoms with Gasteiger partial charge in [-0.3, -0.25) is 10.9 Å². The summed E-state index contributed by atoms with van der Waals surface area (Å²) in [5.41, 5.74) is 7.03. The van der Waals surface area contributed by atoms with Crippen molar-refractivity contribution in [1.82, 2.24) is 21.5 Å². The second-order valence-corrected chi connectivity index (χ2v) is 6.00. The summed E-state index contributed by atoms with van der Waals surface area (Å²) in [6, 6.07) is 10.3. The van der Waals surface area contributed by atoms with Crippen molar-refractivity contribution in [3.63, 3.8) is 0 Å². The molecule has 4 nitrogen and oxygen atoms in total. The van der Waals surface area contributed by atoms with E-state index in [0.717, 1.165) is 25.9 Å². The molecule has 1 aromatic carbocycles. The second kappa shape index (κ2) is 10.3. The van der Waals surface area contributed by atoms with Crippen LogP contribution in [0.5, 0.6) is 0 Å². The summed E-state index contributed by atoms with van der Waals surface area (Å²) in [6.07, 6.45) is 2.02. The standard InChI is InChI=1S/C15H24N4S2/c1-12(2)8-10-16-14(20)18-19-15(21)17-11-9-13-6-4-3-5-7-13/h3-7,12H,8-11H2,1-2H3,(H2,16,18,20)(H2,17,19,21). The molecule has 0 bridgehead atoms. The SMILES string of the molecule is CC(C)CCNC(=S)NNC(=S)NCCc1ccccc1. The van der Waals surface area contributed by atoms with Crippen LogP contribution in [0.2, 0.25) is 0 Å². The number of nitrogens with one attached hydrogen (secondary N) is 4. The van der Waals surface area contributed by atoms with Gasteiger partial charge in [0.25, 0.3) is 0 Å². The molecule has 0 aromatic heterocycles. The molecular formula is C15H24N4S2. The lowest BCUT2D eigenvalue weighted by Crippen LogP contribution is -2.50. The van der Waals surface area contributed by atoms with Gasteiger partial charge < -0.3 is 10.6 Å². The zero-order valence-corrected chi connectivity index (χ0v) is 14.2.